The van der Waals surface area contributed by atoms with Gasteiger partial charge in [0.05, 0.1) is 0 Å². The summed E-state index contributed by atoms with van der Waals surface area (Å²) in [4.78, 5) is 9.39. The van der Waals surface area contributed by atoms with E-state index in [1.165, 1.54) is 11.1 Å². The molecule has 2 rings (SSSR count). The molecule has 0 amide bonds. The smallest absolute Gasteiger partial charge is 0.156 e. The Hall–Kier alpha value is -1.55. The number of hydrogen-bond acceptors (Lipinski definition) is 4. The average molecular weight is 231 g/mol. The van der Waals surface area contributed by atoms with Crippen molar-refractivity contribution in [3.8, 4) is 0 Å². The van der Waals surface area contributed by atoms with Gasteiger partial charge in [-0.05, 0) is 25.5 Å². The van der Waals surface area contributed by atoms with Crippen LogP contribution in [0.2, 0.25) is 0 Å². The minimum absolute atomic E-state index is 0.479. The fourth-order valence-electron chi connectivity index (χ4n) is 1.43. The maximum Gasteiger partial charge on any atom is 0.156 e. The van der Waals surface area contributed by atoms with Gasteiger partial charge in [-0.2, -0.15) is 0 Å². The summed E-state index contributed by atoms with van der Waals surface area (Å²) >= 11 is 1.55. The van der Waals surface area contributed by atoms with E-state index in [0.717, 1.165) is 9.92 Å². The van der Waals surface area contributed by atoms with E-state index in [9.17, 15) is 0 Å². The highest BCUT2D eigenvalue weighted by molar-refractivity contribution is 7.99. The van der Waals surface area contributed by atoms with Gasteiger partial charge in [-0.25, -0.2) is 9.97 Å². The number of nitrogens with zero attached hydrogens (tertiary/aromatic N) is 2. The predicted molar refractivity (Wildman–Crippen MR) is 66.5 cm³/mol. The van der Waals surface area contributed by atoms with Crippen LogP contribution in [0.1, 0.15) is 11.1 Å². The molecule has 0 aliphatic rings. The van der Waals surface area contributed by atoms with Crippen molar-refractivity contribution < 1.29 is 0 Å². The van der Waals surface area contributed by atoms with Crippen LogP contribution in [0.4, 0.5) is 5.82 Å². The molecule has 0 radical (unpaired) electrons. The van der Waals surface area contributed by atoms with Gasteiger partial charge in [0.2, 0.25) is 0 Å². The summed E-state index contributed by atoms with van der Waals surface area (Å²) in [6.45, 7) is 4.17. The second-order valence-electron chi connectivity index (χ2n) is 3.62. The van der Waals surface area contributed by atoms with Crippen molar-refractivity contribution in [1.29, 1.82) is 0 Å². The van der Waals surface area contributed by atoms with Gasteiger partial charge in [0.15, 0.2) is 5.82 Å². The molecule has 0 aliphatic carbocycles. The third-order valence-electron chi connectivity index (χ3n) is 2.23. The molecule has 1 aromatic carbocycles. The molecule has 0 fully saturated rings. The van der Waals surface area contributed by atoms with E-state index in [2.05, 4.69) is 42.0 Å². The van der Waals surface area contributed by atoms with Crippen LogP contribution >= 0.6 is 11.8 Å². The minimum Gasteiger partial charge on any atom is -0.381 e. The molecule has 0 aliphatic heterocycles. The van der Waals surface area contributed by atoms with Crippen LogP contribution < -0.4 is 5.73 Å². The number of nitrogen functional groups attached to an aromatic ring is 1. The lowest BCUT2D eigenvalue weighted by atomic mass is 10.2. The molecule has 0 unspecified atom stereocenters. The van der Waals surface area contributed by atoms with Crippen molar-refractivity contribution in [2.75, 3.05) is 5.73 Å². The Morgan fingerprint density at radius 3 is 2.56 bits per heavy atom. The van der Waals surface area contributed by atoms with Crippen LogP contribution in [-0.2, 0) is 0 Å². The maximum atomic E-state index is 5.75. The highest BCUT2D eigenvalue weighted by atomic mass is 32.2. The zero-order valence-electron chi connectivity index (χ0n) is 9.27. The Bertz CT molecular complexity index is 511. The molecule has 82 valence electrons. The van der Waals surface area contributed by atoms with E-state index in [1.807, 2.05) is 0 Å². The van der Waals surface area contributed by atoms with Crippen molar-refractivity contribution >= 4 is 17.6 Å². The summed E-state index contributed by atoms with van der Waals surface area (Å²) in [5.74, 6) is 0.479. The summed E-state index contributed by atoms with van der Waals surface area (Å²) in [6, 6.07) is 6.32. The molecule has 0 saturated heterocycles. The highest BCUT2D eigenvalue weighted by Gasteiger charge is 2.06. The summed E-state index contributed by atoms with van der Waals surface area (Å²) in [5, 5.41) is 0.759. The lowest BCUT2D eigenvalue weighted by Gasteiger charge is -2.06. The first kappa shape index (κ1) is 11.0. The fraction of sp³-hybridized carbons (Fsp3) is 0.167. The van der Waals surface area contributed by atoms with Gasteiger partial charge in [0.25, 0.3) is 0 Å². The summed E-state index contributed by atoms with van der Waals surface area (Å²) in [6.07, 6.45) is 3.25. The van der Waals surface area contributed by atoms with E-state index in [0.29, 0.717) is 5.82 Å². The number of hydrogen-bond donors (Lipinski definition) is 1. The zero-order chi connectivity index (χ0) is 11.5. The Kier molecular flexibility index (Phi) is 3.10. The Balaban J connectivity index is 2.31. The molecule has 2 aromatic rings. The first-order chi connectivity index (χ1) is 7.66. The largest absolute Gasteiger partial charge is 0.381 e. The van der Waals surface area contributed by atoms with E-state index >= 15 is 0 Å². The molecule has 0 atom stereocenters. The van der Waals surface area contributed by atoms with E-state index in [4.69, 9.17) is 5.73 Å². The van der Waals surface area contributed by atoms with Gasteiger partial charge in [-0.3, -0.25) is 0 Å². The SMILES string of the molecule is Cc1ccc(Sc2nccnc2N)c(C)c1. The first-order valence-electron chi connectivity index (χ1n) is 4.98. The van der Waals surface area contributed by atoms with Crippen LogP contribution in [0.3, 0.4) is 0 Å². The number of anilines is 1. The average Bonchev–Trinajstić information content (AvgIpc) is 2.25. The second-order valence-corrected chi connectivity index (χ2v) is 4.65. The van der Waals surface area contributed by atoms with Crippen LogP contribution in [0.25, 0.3) is 0 Å². The van der Waals surface area contributed by atoms with Gasteiger partial charge in [-0.1, -0.05) is 29.5 Å². The number of aryl methyl sites for hydroxylation is 2. The van der Waals surface area contributed by atoms with Gasteiger partial charge in [0.1, 0.15) is 5.03 Å². The van der Waals surface area contributed by atoms with Crippen molar-refractivity contribution in [2.45, 2.75) is 23.8 Å². The summed E-state index contributed by atoms with van der Waals surface area (Å²) < 4.78 is 0. The van der Waals surface area contributed by atoms with Crippen LogP contribution in [0, 0.1) is 13.8 Å². The van der Waals surface area contributed by atoms with Gasteiger partial charge in [0, 0.05) is 17.3 Å². The minimum atomic E-state index is 0.479. The van der Waals surface area contributed by atoms with E-state index in [1.54, 1.807) is 24.2 Å². The van der Waals surface area contributed by atoms with Crippen molar-refractivity contribution in [3.63, 3.8) is 0 Å². The predicted octanol–water partition coefficient (Wildman–Crippen LogP) is 2.83. The number of rotatable bonds is 2. The van der Waals surface area contributed by atoms with Gasteiger partial charge < -0.3 is 5.73 Å². The third kappa shape index (κ3) is 2.33. The molecular formula is C12H13N3S. The van der Waals surface area contributed by atoms with Gasteiger partial charge in [-0.15, -0.1) is 0 Å². The second kappa shape index (κ2) is 4.53. The molecule has 3 nitrogen and oxygen atoms in total. The molecule has 0 saturated carbocycles. The van der Waals surface area contributed by atoms with Gasteiger partial charge >= 0.3 is 0 Å². The van der Waals surface area contributed by atoms with E-state index in [-0.39, 0.29) is 0 Å². The quantitative estimate of drug-likeness (QED) is 0.863. The van der Waals surface area contributed by atoms with Crippen LogP contribution in [0.15, 0.2) is 40.5 Å². The lowest BCUT2D eigenvalue weighted by molar-refractivity contribution is 1.07. The third-order valence-corrected chi connectivity index (χ3v) is 3.41. The maximum absolute atomic E-state index is 5.75. The molecule has 1 aromatic heterocycles. The molecule has 1 heterocycles. The number of aromatic nitrogens is 2. The first-order valence-corrected chi connectivity index (χ1v) is 5.80. The highest BCUT2D eigenvalue weighted by Crippen LogP contribution is 2.31. The molecule has 0 bridgehead atoms. The fourth-order valence-corrected chi connectivity index (χ4v) is 2.27. The number of nitrogens with two attached hydrogens (primary N) is 1. The Labute approximate surface area is 99.1 Å². The van der Waals surface area contributed by atoms with Crippen molar-refractivity contribution in [2.24, 2.45) is 0 Å². The summed E-state index contributed by atoms with van der Waals surface area (Å²) in [7, 11) is 0. The number of benzene rings is 1. The molecule has 4 heteroatoms. The standard InChI is InChI=1S/C12H13N3S/c1-8-3-4-10(9(2)7-8)16-12-11(13)14-5-6-15-12/h3-7H,1-2H3,(H2,13,14). The lowest BCUT2D eigenvalue weighted by Crippen LogP contribution is -1.94. The van der Waals surface area contributed by atoms with Crippen LogP contribution in [-0.4, -0.2) is 9.97 Å². The molecular weight excluding hydrogens is 218 g/mol. The Morgan fingerprint density at radius 2 is 1.88 bits per heavy atom. The van der Waals surface area contributed by atoms with Crippen LogP contribution in [0.5, 0.6) is 0 Å². The summed E-state index contributed by atoms with van der Waals surface area (Å²) in [5.41, 5.74) is 8.24. The monoisotopic (exact) mass is 231 g/mol. The molecule has 2 N–H and O–H groups in total. The topological polar surface area (TPSA) is 51.8 Å². The van der Waals surface area contributed by atoms with E-state index < -0.39 is 0 Å². The molecule has 0 spiro atoms. The normalized spacial score (nSPS) is 10.4. The van der Waals surface area contributed by atoms with Crippen molar-refractivity contribution in [1.82, 2.24) is 9.97 Å². The Morgan fingerprint density at radius 1 is 1.12 bits per heavy atom. The van der Waals surface area contributed by atoms with Crippen molar-refractivity contribution in [3.05, 3.63) is 41.7 Å². The molecule has 16 heavy (non-hydrogen) atoms. The zero-order valence-corrected chi connectivity index (χ0v) is 10.1.